The highest BCUT2D eigenvalue weighted by Gasteiger charge is 2.51. The summed E-state index contributed by atoms with van der Waals surface area (Å²) in [5.41, 5.74) is 6.13. The zero-order valence-electron chi connectivity index (χ0n) is 15.9. The van der Waals surface area contributed by atoms with Crippen LogP contribution in [-0.2, 0) is 4.79 Å². The van der Waals surface area contributed by atoms with Crippen molar-refractivity contribution < 1.29 is 4.79 Å². The lowest BCUT2D eigenvalue weighted by atomic mass is 9.51. The molecule has 4 aliphatic rings. The van der Waals surface area contributed by atoms with Crippen molar-refractivity contribution in [1.29, 1.82) is 0 Å². The van der Waals surface area contributed by atoms with Gasteiger partial charge in [-0.3, -0.25) is 4.79 Å². The Hall–Kier alpha value is -2.61. The van der Waals surface area contributed by atoms with Gasteiger partial charge in [-0.25, -0.2) is 0 Å². The molecule has 0 aliphatic heterocycles. The van der Waals surface area contributed by atoms with E-state index >= 15 is 0 Å². The molecule has 2 nitrogen and oxygen atoms in total. The topological polar surface area (TPSA) is 29.1 Å². The van der Waals surface area contributed by atoms with Gasteiger partial charge >= 0.3 is 0 Å². The van der Waals surface area contributed by atoms with Crippen molar-refractivity contribution in [3.8, 4) is 0 Å². The van der Waals surface area contributed by atoms with E-state index in [0.29, 0.717) is 17.8 Å². The molecule has 27 heavy (non-hydrogen) atoms. The Morgan fingerprint density at radius 2 is 1.70 bits per heavy atom. The normalized spacial score (nSPS) is 29.9. The third-order valence-corrected chi connectivity index (χ3v) is 6.77. The maximum Gasteiger partial charge on any atom is 0.228 e. The molecule has 0 unspecified atom stereocenters. The van der Waals surface area contributed by atoms with E-state index in [1.54, 1.807) is 0 Å². The average molecular weight is 355 g/mol. The Morgan fingerprint density at radius 3 is 2.48 bits per heavy atom. The smallest absolute Gasteiger partial charge is 0.228 e. The lowest BCUT2D eigenvalue weighted by molar-refractivity contribution is -0.122. The Labute approximate surface area is 161 Å². The van der Waals surface area contributed by atoms with E-state index in [-0.39, 0.29) is 17.7 Å². The number of benzene rings is 2. The zero-order valence-corrected chi connectivity index (χ0v) is 15.9. The molecule has 1 saturated carbocycles. The van der Waals surface area contributed by atoms with E-state index in [2.05, 4.69) is 79.9 Å². The fourth-order valence-electron chi connectivity index (χ4n) is 5.61. The van der Waals surface area contributed by atoms with E-state index in [9.17, 15) is 4.79 Å². The van der Waals surface area contributed by atoms with Gasteiger partial charge in [-0.1, -0.05) is 66.3 Å². The number of hydrogen-bond donors (Lipinski definition) is 1. The van der Waals surface area contributed by atoms with Gasteiger partial charge in [0.2, 0.25) is 5.91 Å². The van der Waals surface area contributed by atoms with Crippen LogP contribution in [0.25, 0.3) is 0 Å². The summed E-state index contributed by atoms with van der Waals surface area (Å²) in [4.78, 5) is 13.3. The molecule has 2 aromatic rings. The van der Waals surface area contributed by atoms with Crippen LogP contribution in [0.4, 0.5) is 5.69 Å². The molecular formula is C25H25NO. The molecule has 0 aromatic heterocycles. The number of anilines is 1. The van der Waals surface area contributed by atoms with Gasteiger partial charge in [-0.2, -0.15) is 0 Å². The number of carbonyl (C=O) groups is 1. The first kappa shape index (κ1) is 16.6. The largest absolute Gasteiger partial charge is 0.326 e. The number of nitrogens with one attached hydrogen (secondary N) is 1. The monoisotopic (exact) mass is 355 g/mol. The van der Waals surface area contributed by atoms with Crippen molar-refractivity contribution in [3.05, 3.63) is 89.0 Å². The molecule has 1 fully saturated rings. The van der Waals surface area contributed by atoms with E-state index in [4.69, 9.17) is 0 Å². The molecule has 2 aromatic carbocycles. The Bertz CT molecular complexity index is 970. The standard InChI is InChI=1S/C25H25NO/c1-15-11-12-23(16(2)13-15)26-25(27)22-14-21-17-7-3-5-9-19(17)24(22)20-10-6-4-8-18(20)21/h3-13,17,19,21-22,24H,14H2,1-2H3,(H,26,27)/t17-,19+,21+,22-,24-/m1/s1. The highest BCUT2D eigenvalue weighted by molar-refractivity contribution is 5.94. The maximum absolute atomic E-state index is 13.3. The highest BCUT2D eigenvalue weighted by atomic mass is 16.1. The highest BCUT2D eigenvalue weighted by Crippen LogP contribution is 2.59. The van der Waals surface area contributed by atoms with Gasteiger partial charge in [-0.05, 0) is 60.8 Å². The zero-order chi connectivity index (χ0) is 18.5. The minimum Gasteiger partial charge on any atom is -0.326 e. The molecule has 1 amide bonds. The molecule has 6 rings (SSSR count). The first-order valence-corrected chi connectivity index (χ1v) is 9.95. The molecule has 1 N–H and O–H groups in total. The van der Waals surface area contributed by atoms with E-state index < -0.39 is 0 Å². The van der Waals surface area contributed by atoms with Crippen LogP contribution in [0.2, 0.25) is 0 Å². The van der Waals surface area contributed by atoms with E-state index in [1.807, 2.05) is 6.07 Å². The minimum atomic E-state index is 0.0306. The minimum absolute atomic E-state index is 0.0306. The number of rotatable bonds is 2. The predicted octanol–water partition coefficient (Wildman–Crippen LogP) is 5.50. The summed E-state index contributed by atoms with van der Waals surface area (Å²) in [5, 5.41) is 3.24. The van der Waals surface area contributed by atoms with Crippen LogP contribution >= 0.6 is 0 Å². The van der Waals surface area contributed by atoms with Crippen molar-refractivity contribution in [2.45, 2.75) is 32.1 Å². The molecule has 2 bridgehead atoms. The Kier molecular flexibility index (Phi) is 3.82. The number of hydrogen-bond acceptors (Lipinski definition) is 1. The Balaban J connectivity index is 1.50. The van der Waals surface area contributed by atoms with Gasteiger partial charge < -0.3 is 5.32 Å². The second kappa shape index (κ2) is 6.23. The second-order valence-corrected chi connectivity index (χ2v) is 8.34. The van der Waals surface area contributed by atoms with E-state index in [1.165, 1.54) is 16.7 Å². The van der Waals surface area contributed by atoms with Gasteiger partial charge in [0.25, 0.3) is 0 Å². The summed E-state index contributed by atoms with van der Waals surface area (Å²) in [6.07, 6.45) is 9.96. The lowest BCUT2D eigenvalue weighted by Gasteiger charge is -2.52. The van der Waals surface area contributed by atoms with Crippen molar-refractivity contribution >= 4 is 11.6 Å². The van der Waals surface area contributed by atoms with E-state index in [0.717, 1.165) is 17.7 Å². The van der Waals surface area contributed by atoms with Crippen LogP contribution in [-0.4, -0.2) is 5.91 Å². The van der Waals surface area contributed by atoms with Crippen LogP contribution in [0.15, 0.2) is 66.8 Å². The third-order valence-electron chi connectivity index (χ3n) is 6.77. The first-order chi connectivity index (χ1) is 13.1. The van der Waals surface area contributed by atoms with Gasteiger partial charge in [0, 0.05) is 17.5 Å². The van der Waals surface area contributed by atoms with Crippen molar-refractivity contribution in [2.75, 3.05) is 5.32 Å². The average Bonchev–Trinajstić information content (AvgIpc) is 2.70. The second-order valence-electron chi connectivity index (χ2n) is 8.34. The molecule has 0 radical (unpaired) electrons. The first-order valence-electron chi connectivity index (χ1n) is 9.95. The van der Waals surface area contributed by atoms with Gasteiger partial charge in [0.05, 0.1) is 0 Å². The quantitative estimate of drug-likeness (QED) is 0.757. The number of carbonyl (C=O) groups excluding carboxylic acids is 1. The van der Waals surface area contributed by atoms with Gasteiger partial charge in [-0.15, -0.1) is 0 Å². The molecule has 4 aliphatic carbocycles. The summed E-state index contributed by atoms with van der Waals surface area (Å²) in [5.74, 6) is 1.87. The van der Waals surface area contributed by atoms with Crippen molar-refractivity contribution in [3.63, 3.8) is 0 Å². The maximum atomic E-state index is 13.3. The molecule has 0 saturated heterocycles. The summed E-state index contributed by atoms with van der Waals surface area (Å²) in [6.45, 7) is 4.15. The fraction of sp³-hybridized carbons (Fsp3) is 0.320. The van der Waals surface area contributed by atoms with Crippen LogP contribution in [0.3, 0.4) is 0 Å². The van der Waals surface area contributed by atoms with Gasteiger partial charge in [0.1, 0.15) is 0 Å². The van der Waals surface area contributed by atoms with Crippen molar-refractivity contribution in [1.82, 2.24) is 0 Å². The van der Waals surface area contributed by atoms with Crippen LogP contribution < -0.4 is 5.32 Å². The lowest BCUT2D eigenvalue weighted by Crippen LogP contribution is -2.46. The number of fused-ring (bicyclic) bond motifs is 1. The number of allylic oxidation sites excluding steroid dienone is 4. The third kappa shape index (κ3) is 2.58. The molecule has 0 heterocycles. The summed E-state index contributed by atoms with van der Waals surface area (Å²) >= 11 is 0. The molecule has 136 valence electrons. The van der Waals surface area contributed by atoms with Crippen LogP contribution in [0.5, 0.6) is 0 Å². The fourth-order valence-corrected chi connectivity index (χ4v) is 5.61. The van der Waals surface area contributed by atoms with Gasteiger partial charge in [0.15, 0.2) is 0 Å². The van der Waals surface area contributed by atoms with Crippen LogP contribution in [0.1, 0.15) is 40.5 Å². The van der Waals surface area contributed by atoms with Crippen molar-refractivity contribution in [2.24, 2.45) is 17.8 Å². The predicted molar refractivity (Wildman–Crippen MR) is 110 cm³/mol. The molecular weight excluding hydrogens is 330 g/mol. The number of amides is 1. The summed E-state index contributed by atoms with van der Waals surface area (Å²) in [6, 6.07) is 15.0. The summed E-state index contributed by atoms with van der Waals surface area (Å²) < 4.78 is 0. The van der Waals surface area contributed by atoms with Crippen LogP contribution in [0, 0.1) is 31.6 Å². The SMILES string of the molecule is Cc1ccc(NC(=O)[C@@H]2C[C@@H]3c4ccccc4[C@H]2[C@H]2C=CC=C[C@H]23)c(C)c1. The molecule has 5 atom stereocenters. The summed E-state index contributed by atoms with van der Waals surface area (Å²) in [7, 11) is 0. The molecule has 0 spiro atoms. The Morgan fingerprint density at radius 1 is 0.963 bits per heavy atom. The molecule has 2 heteroatoms. The number of aryl methyl sites for hydroxylation is 2.